The number of rotatable bonds is 4. The fourth-order valence-corrected chi connectivity index (χ4v) is 2.06. The van der Waals surface area contributed by atoms with Crippen LogP contribution in [0.3, 0.4) is 0 Å². The van der Waals surface area contributed by atoms with E-state index in [1.54, 1.807) is 7.11 Å². The number of nitrogens with two attached hydrogens (primary N) is 1. The van der Waals surface area contributed by atoms with Crippen LogP contribution in [0.4, 0.5) is 11.4 Å². The molecule has 5 heteroatoms. The highest BCUT2D eigenvalue weighted by Gasteiger charge is 2.29. The first-order valence-corrected chi connectivity index (χ1v) is 6.11. The van der Waals surface area contributed by atoms with E-state index in [9.17, 15) is 5.11 Å². The van der Waals surface area contributed by atoms with E-state index in [0.29, 0.717) is 44.0 Å². The third-order valence-corrected chi connectivity index (χ3v) is 3.32. The highest BCUT2D eigenvalue weighted by atomic mass is 16.5. The molecule has 18 heavy (non-hydrogen) atoms. The van der Waals surface area contributed by atoms with Gasteiger partial charge in [-0.3, -0.25) is 0 Å². The van der Waals surface area contributed by atoms with Crippen molar-refractivity contribution in [2.75, 3.05) is 37.9 Å². The molecular weight excluding hydrogens is 232 g/mol. The van der Waals surface area contributed by atoms with Crippen LogP contribution >= 0.6 is 0 Å². The maximum Gasteiger partial charge on any atom is 0.143 e. The predicted octanol–water partition coefficient (Wildman–Crippen LogP) is 1.23. The molecule has 0 radical (unpaired) electrons. The van der Waals surface area contributed by atoms with E-state index in [-0.39, 0.29) is 0 Å². The quantitative estimate of drug-likeness (QED) is 0.703. The topological polar surface area (TPSA) is 76.7 Å². The summed E-state index contributed by atoms with van der Waals surface area (Å²) in [7, 11) is 1.58. The monoisotopic (exact) mass is 252 g/mol. The van der Waals surface area contributed by atoms with Crippen LogP contribution in [0, 0.1) is 0 Å². The molecule has 100 valence electrons. The van der Waals surface area contributed by atoms with Gasteiger partial charge in [0.25, 0.3) is 0 Å². The SMILES string of the molecule is COc1cccc(NCC2(O)CCOCC2)c1N. The van der Waals surface area contributed by atoms with Crippen LogP contribution in [-0.2, 0) is 4.74 Å². The van der Waals surface area contributed by atoms with Gasteiger partial charge in [-0.05, 0) is 12.1 Å². The molecule has 5 nitrogen and oxygen atoms in total. The van der Waals surface area contributed by atoms with E-state index in [1.807, 2.05) is 18.2 Å². The lowest BCUT2D eigenvalue weighted by Crippen LogP contribution is -2.42. The first-order chi connectivity index (χ1) is 8.64. The van der Waals surface area contributed by atoms with Gasteiger partial charge in [0, 0.05) is 32.6 Å². The minimum atomic E-state index is -0.715. The third kappa shape index (κ3) is 2.86. The first-order valence-electron chi connectivity index (χ1n) is 6.11. The van der Waals surface area contributed by atoms with E-state index in [4.69, 9.17) is 15.2 Å². The van der Waals surface area contributed by atoms with Crippen molar-refractivity contribution >= 4 is 11.4 Å². The molecule has 2 rings (SSSR count). The maximum atomic E-state index is 10.3. The van der Waals surface area contributed by atoms with E-state index in [1.165, 1.54) is 0 Å². The summed E-state index contributed by atoms with van der Waals surface area (Å²) in [5, 5.41) is 13.5. The van der Waals surface area contributed by atoms with E-state index < -0.39 is 5.60 Å². The molecule has 0 aromatic heterocycles. The van der Waals surface area contributed by atoms with Gasteiger partial charge in [-0.15, -0.1) is 0 Å². The Morgan fingerprint density at radius 2 is 2.17 bits per heavy atom. The molecule has 0 amide bonds. The van der Waals surface area contributed by atoms with Gasteiger partial charge in [-0.2, -0.15) is 0 Å². The highest BCUT2D eigenvalue weighted by molar-refractivity contribution is 5.72. The molecule has 1 saturated heterocycles. The second kappa shape index (κ2) is 5.46. The number of anilines is 2. The standard InChI is InChI=1S/C13H20N2O3/c1-17-11-4-2-3-10(12(11)14)15-9-13(16)5-7-18-8-6-13/h2-4,15-16H,5-9,14H2,1H3. The van der Waals surface area contributed by atoms with Crippen LogP contribution < -0.4 is 15.8 Å². The number of hydrogen-bond donors (Lipinski definition) is 3. The molecule has 0 aliphatic carbocycles. The summed E-state index contributed by atoms with van der Waals surface area (Å²) in [4.78, 5) is 0. The first kappa shape index (κ1) is 13.0. The van der Waals surface area contributed by atoms with Crippen LogP contribution in [0.2, 0.25) is 0 Å². The summed E-state index contributed by atoms with van der Waals surface area (Å²) in [6.45, 7) is 1.67. The Morgan fingerprint density at radius 3 is 2.83 bits per heavy atom. The van der Waals surface area contributed by atoms with Gasteiger partial charge in [0.1, 0.15) is 5.75 Å². The second-order valence-corrected chi connectivity index (χ2v) is 4.61. The number of hydrogen-bond acceptors (Lipinski definition) is 5. The zero-order valence-corrected chi connectivity index (χ0v) is 10.6. The van der Waals surface area contributed by atoms with E-state index in [0.717, 1.165) is 5.69 Å². The van der Waals surface area contributed by atoms with Gasteiger partial charge < -0.3 is 25.6 Å². The Labute approximate surface area is 107 Å². The van der Waals surface area contributed by atoms with Crippen LogP contribution in [0.5, 0.6) is 5.75 Å². The summed E-state index contributed by atoms with van der Waals surface area (Å²) in [5.74, 6) is 0.638. The van der Waals surface area contributed by atoms with E-state index >= 15 is 0 Å². The second-order valence-electron chi connectivity index (χ2n) is 4.61. The molecule has 4 N–H and O–H groups in total. The van der Waals surface area contributed by atoms with Crippen molar-refractivity contribution in [2.45, 2.75) is 18.4 Å². The Hall–Kier alpha value is -1.46. The molecule has 0 saturated carbocycles. The lowest BCUT2D eigenvalue weighted by Gasteiger charge is -2.32. The van der Waals surface area contributed by atoms with Crippen molar-refractivity contribution in [3.05, 3.63) is 18.2 Å². The van der Waals surface area contributed by atoms with Crippen LogP contribution in [-0.4, -0.2) is 37.6 Å². The van der Waals surface area contributed by atoms with Crippen LogP contribution in [0.15, 0.2) is 18.2 Å². The zero-order chi connectivity index (χ0) is 13.0. The van der Waals surface area contributed by atoms with Gasteiger partial charge in [0.15, 0.2) is 0 Å². The molecule has 1 aliphatic heterocycles. The van der Waals surface area contributed by atoms with Crippen molar-refractivity contribution in [1.82, 2.24) is 0 Å². The van der Waals surface area contributed by atoms with Crippen LogP contribution in [0.1, 0.15) is 12.8 Å². The summed E-state index contributed by atoms with van der Waals surface area (Å²) in [6.07, 6.45) is 1.29. The normalized spacial score (nSPS) is 18.3. The van der Waals surface area contributed by atoms with Crippen molar-refractivity contribution in [3.63, 3.8) is 0 Å². The number of nitrogen functional groups attached to an aromatic ring is 1. The van der Waals surface area contributed by atoms with Gasteiger partial charge in [0.05, 0.1) is 24.1 Å². The van der Waals surface area contributed by atoms with Gasteiger partial charge >= 0.3 is 0 Å². The predicted molar refractivity (Wildman–Crippen MR) is 70.9 cm³/mol. The Balaban J connectivity index is 2.01. The fraction of sp³-hybridized carbons (Fsp3) is 0.538. The van der Waals surface area contributed by atoms with Crippen molar-refractivity contribution in [3.8, 4) is 5.75 Å². The number of nitrogens with one attached hydrogen (secondary N) is 1. The van der Waals surface area contributed by atoms with Gasteiger partial charge in [0.2, 0.25) is 0 Å². The molecular formula is C13H20N2O3. The molecule has 0 bridgehead atoms. The van der Waals surface area contributed by atoms with Crippen molar-refractivity contribution in [1.29, 1.82) is 0 Å². The summed E-state index contributed by atoms with van der Waals surface area (Å²) < 4.78 is 10.4. The lowest BCUT2D eigenvalue weighted by atomic mass is 9.94. The third-order valence-electron chi connectivity index (χ3n) is 3.32. The minimum absolute atomic E-state index is 0.466. The van der Waals surface area contributed by atoms with Crippen molar-refractivity contribution < 1.29 is 14.6 Å². The van der Waals surface area contributed by atoms with Gasteiger partial charge in [-0.1, -0.05) is 6.07 Å². The molecule has 1 fully saturated rings. The highest BCUT2D eigenvalue weighted by Crippen LogP contribution is 2.30. The number of methoxy groups -OCH3 is 1. The summed E-state index contributed by atoms with van der Waals surface area (Å²) in [5.41, 5.74) is 6.60. The smallest absolute Gasteiger partial charge is 0.143 e. The number of benzene rings is 1. The molecule has 1 heterocycles. The molecule has 1 aromatic carbocycles. The van der Waals surface area contributed by atoms with E-state index in [2.05, 4.69) is 5.32 Å². The Morgan fingerprint density at radius 1 is 1.44 bits per heavy atom. The number of ether oxygens (including phenoxy) is 2. The Kier molecular flexibility index (Phi) is 3.93. The molecule has 0 atom stereocenters. The Bertz CT molecular complexity index is 403. The maximum absolute atomic E-state index is 10.3. The average Bonchev–Trinajstić information content (AvgIpc) is 2.38. The molecule has 1 aromatic rings. The number of aliphatic hydroxyl groups is 1. The van der Waals surface area contributed by atoms with Gasteiger partial charge in [-0.25, -0.2) is 0 Å². The largest absolute Gasteiger partial charge is 0.495 e. The average molecular weight is 252 g/mol. The lowest BCUT2D eigenvalue weighted by molar-refractivity contribution is -0.0543. The number of para-hydroxylation sites is 1. The van der Waals surface area contributed by atoms with Crippen molar-refractivity contribution in [2.24, 2.45) is 0 Å². The zero-order valence-electron chi connectivity index (χ0n) is 10.6. The van der Waals surface area contributed by atoms with Crippen LogP contribution in [0.25, 0.3) is 0 Å². The molecule has 0 unspecified atom stereocenters. The molecule has 1 aliphatic rings. The molecule has 0 spiro atoms. The fourth-order valence-electron chi connectivity index (χ4n) is 2.06. The summed E-state index contributed by atoms with van der Waals surface area (Å²) in [6, 6.07) is 5.55. The summed E-state index contributed by atoms with van der Waals surface area (Å²) >= 11 is 0. The minimum Gasteiger partial charge on any atom is -0.495 e.